The molecule has 2 aromatic rings. The van der Waals surface area contributed by atoms with Crippen LogP contribution in [0.25, 0.3) is 0 Å². The number of H-pyrrole nitrogens is 1. The second kappa shape index (κ2) is 7.74. The molecule has 0 spiro atoms. The molecule has 146 valence electrons. The standard InChI is InChI=1S/C21H25N5O2/c1-14-11-18-19(15(2)28-14)23-24-20(18)21(27)26-9-7-25(8-10-26)13-17-5-3-16(12-22)4-6-17/h3-6,14-15H,7-11,13H2,1-2H3,(H,23,24)/t14-,15+/m1/s1. The Kier molecular flexibility index (Phi) is 5.16. The molecule has 1 aromatic heterocycles. The third-order valence-electron chi connectivity index (χ3n) is 5.58. The van der Waals surface area contributed by atoms with Gasteiger partial charge in [0.25, 0.3) is 5.91 Å². The Morgan fingerprint density at radius 2 is 1.96 bits per heavy atom. The van der Waals surface area contributed by atoms with E-state index in [4.69, 9.17) is 10.00 Å². The number of ether oxygens (including phenoxy) is 1. The van der Waals surface area contributed by atoms with Gasteiger partial charge in [-0.05, 0) is 31.5 Å². The summed E-state index contributed by atoms with van der Waals surface area (Å²) in [6, 6.07) is 9.83. The summed E-state index contributed by atoms with van der Waals surface area (Å²) in [5.41, 5.74) is 4.35. The minimum Gasteiger partial charge on any atom is -0.369 e. The number of nitrogens with zero attached hydrogens (tertiary/aromatic N) is 4. The van der Waals surface area contributed by atoms with Crippen LogP contribution in [0.1, 0.15) is 52.8 Å². The third kappa shape index (κ3) is 3.66. The number of carbonyl (C=O) groups is 1. The molecule has 2 aliphatic rings. The maximum absolute atomic E-state index is 13.0. The Labute approximate surface area is 164 Å². The van der Waals surface area contributed by atoms with Crippen LogP contribution in [-0.4, -0.2) is 58.2 Å². The van der Waals surface area contributed by atoms with Gasteiger partial charge >= 0.3 is 0 Å². The average Bonchev–Trinajstić information content (AvgIpc) is 3.13. The van der Waals surface area contributed by atoms with Crippen LogP contribution in [-0.2, 0) is 17.7 Å². The molecule has 1 N–H and O–H groups in total. The number of benzene rings is 1. The van der Waals surface area contributed by atoms with Gasteiger partial charge in [0.05, 0.1) is 29.5 Å². The van der Waals surface area contributed by atoms with Crippen molar-refractivity contribution < 1.29 is 9.53 Å². The molecule has 2 aliphatic heterocycles. The van der Waals surface area contributed by atoms with E-state index >= 15 is 0 Å². The van der Waals surface area contributed by atoms with Gasteiger partial charge < -0.3 is 9.64 Å². The van der Waals surface area contributed by atoms with Crippen molar-refractivity contribution in [1.82, 2.24) is 20.0 Å². The van der Waals surface area contributed by atoms with Crippen molar-refractivity contribution in [1.29, 1.82) is 5.26 Å². The van der Waals surface area contributed by atoms with Crippen molar-refractivity contribution in [3.63, 3.8) is 0 Å². The van der Waals surface area contributed by atoms with Crippen molar-refractivity contribution in [3.05, 3.63) is 52.3 Å². The molecule has 1 aromatic carbocycles. The molecule has 7 nitrogen and oxygen atoms in total. The lowest BCUT2D eigenvalue weighted by Gasteiger charge is -2.34. The first-order chi connectivity index (χ1) is 13.5. The topological polar surface area (TPSA) is 85.3 Å². The molecule has 1 fully saturated rings. The maximum Gasteiger partial charge on any atom is 0.274 e. The number of hydrogen-bond acceptors (Lipinski definition) is 5. The molecular formula is C21H25N5O2. The zero-order chi connectivity index (χ0) is 19.7. The second-order valence-electron chi connectivity index (χ2n) is 7.63. The van der Waals surface area contributed by atoms with Gasteiger partial charge in [-0.25, -0.2) is 0 Å². The number of rotatable bonds is 3. The maximum atomic E-state index is 13.0. The summed E-state index contributed by atoms with van der Waals surface area (Å²) in [5.74, 6) is 0.0109. The summed E-state index contributed by atoms with van der Waals surface area (Å²) in [4.78, 5) is 17.3. The summed E-state index contributed by atoms with van der Waals surface area (Å²) in [7, 11) is 0. The van der Waals surface area contributed by atoms with Crippen molar-refractivity contribution >= 4 is 5.91 Å². The van der Waals surface area contributed by atoms with Crippen molar-refractivity contribution in [2.24, 2.45) is 0 Å². The van der Waals surface area contributed by atoms with E-state index < -0.39 is 0 Å². The highest BCUT2D eigenvalue weighted by atomic mass is 16.5. The second-order valence-corrected chi connectivity index (χ2v) is 7.63. The number of fused-ring (bicyclic) bond motifs is 1. The lowest BCUT2D eigenvalue weighted by molar-refractivity contribution is -0.00704. The SMILES string of the molecule is C[C@@H]1Cc2c(C(=O)N3CCN(Cc4ccc(C#N)cc4)CC3)n[nH]c2[C@H](C)O1. The summed E-state index contributed by atoms with van der Waals surface area (Å²) >= 11 is 0. The number of nitrogens with one attached hydrogen (secondary N) is 1. The molecule has 0 unspecified atom stereocenters. The highest BCUT2D eigenvalue weighted by molar-refractivity contribution is 5.94. The normalized spacial score (nSPS) is 22.5. The number of aromatic nitrogens is 2. The number of nitriles is 1. The van der Waals surface area contributed by atoms with E-state index in [0.717, 1.165) is 37.3 Å². The van der Waals surface area contributed by atoms with Crippen LogP contribution in [0.4, 0.5) is 0 Å². The lowest BCUT2D eigenvalue weighted by Crippen LogP contribution is -2.48. The van der Waals surface area contributed by atoms with Crippen LogP contribution in [0.5, 0.6) is 0 Å². The van der Waals surface area contributed by atoms with E-state index in [0.29, 0.717) is 24.3 Å². The Hall–Kier alpha value is -2.69. The first kappa shape index (κ1) is 18.7. The Balaban J connectivity index is 1.37. The number of carbonyl (C=O) groups excluding carboxylic acids is 1. The molecule has 1 amide bonds. The van der Waals surface area contributed by atoms with E-state index in [1.807, 2.05) is 43.0 Å². The highest BCUT2D eigenvalue weighted by Gasteiger charge is 2.32. The van der Waals surface area contributed by atoms with Gasteiger partial charge in [-0.3, -0.25) is 14.8 Å². The third-order valence-corrected chi connectivity index (χ3v) is 5.58. The molecule has 7 heteroatoms. The molecular weight excluding hydrogens is 354 g/mol. The lowest BCUT2D eigenvalue weighted by atomic mass is 9.99. The highest BCUT2D eigenvalue weighted by Crippen LogP contribution is 2.30. The van der Waals surface area contributed by atoms with Crippen LogP contribution < -0.4 is 0 Å². The van der Waals surface area contributed by atoms with E-state index in [2.05, 4.69) is 21.2 Å². The van der Waals surface area contributed by atoms with Crippen LogP contribution in [0.3, 0.4) is 0 Å². The van der Waals surface area contributed by atoms with E-state index in [-0.39, 0.29) is 18.1 Å². The summed E-state index contributed by atoms with van der Waals surface area (Å²) in [6.45, 7) is 7.89. The molecule has 1 saturated heterocycles. The van der Waals surface area contributed by atoms with Crippen molar-refractivity contribution in [3.8, 4) is 6.07 Å². The van der Waals surface area contributed by atoms with Crippen LogP contribution in [0.2, 0.25) is 0 Å². The summed E-state index contributed by atoms with van der Waals surface area (Å²) in [5, 5.41) is 16.2. The quantitative estimate of drug-likeness (QED) is 0.884. The minimum atomic E-state index is -0.0583. The molecule has 0 bridgehead atoms. The molecule has 4 rings (SSSR count). The van der Waals surface area contributed by atoms with Gasteiger partial charge in [-0.1, -0.05) is 12.1 Å². The van der Waals surface area contributed by atoms with Crippen molar-refractivity contribution in [2.45, 2.75) is 39.0 Å². The number of aromatic amines is 1. The minimum absolute atomic E-state index is 0.0109. The Bertz CT molecular complexity index is 891. The van der Waals surface area contributed by atoms with E-state index in [9.17, 15) is 4.79 Å². The van der Waals surface area contributed by atoms with Crippen molar-refractivity contribution in [2.75, 3.05) is 26.2 Å². The molecule has 3 heterocycles. The van der Waals surface area contributed by atoms with Gasteiger partial charge in [-0.2, -0.15) is 10.4 Å². The molecule has 2 atom stereocenters. The first-order valence-electron chi connectivity index (χ1n) is 9.78. The largest absolute Gasteiger partial charge is 0.369 e. The van der Waals surface area contributed by atoms with Gasteiger partial charge in [0.2, 0.25) is 0 Å². The van der Waals surface area contributed by atoms with Gasteiger partial charge in [0.15, 0.2) is 5.69 Å². The predicted molar refractivity (Wildman–Crippen MR) is 104 cm³/mol. The molecule has 0 radical (unpaired) electrons. The Morgan fingerprint density at radius 1 is 1.25 bits per heavy atom. The van der Waals surface area contributed by atoms with E-state index in [1.165, 1.54) is 5.56 Å². The average molecular weight is 379 g/mol. The number of hydrogen-bond donors (Lipinski definition) is 1. The summed E-state index contributed by atoms with van der Waals surface area (Å²) < 4.78 is 5.82. The number of amides is 1. The van der Waals surface area contributed by atoms with Gasteiger partial charge in [0, 0.05) is 44.7 Å². The Morgan fingerprint density at radius 3 is 2.64 bits per heavy atom. The smallest absolute Gasteiger partial charge is 0.274 e. The van der Waals surface area contributed by atoms with Crippen LogP contribution >= 0.6 is 0 Å². The zero-order valence-electron chi connectivity index (χ0n) is 16.3. The van der Waals surface area contributed by atoms with Gasteiger partial charge in [-0.15, -0.1) is 0 Å². The summed E-state index contributed by atoms with van der Waals surface area (Å²) in [6.07, 6.45) is 0.753. The zero-order valence-corrected chi connectivity index (χ0v) is 16.3. The van der Waals surface area contributed by atoms with Crippen LogP contribution in [0.15, 0.2) is 24.3 Å². The monoisotopic (exact) mass is 379 g/mol. The fraction of sp³-hybridized carbons (Fsp3) is 0.476. The molecule has 0 saturated carbocycles. The molecule has 0 aliphatic carbocycles. The molecule has 28 heavy (non-hydrogen) atoms. The predicted octanol–water partition coefficient (Wildman–Crippen LogP) is 2.26. The van der Waals surface area contributed by atoms with E-state index in [1.54, 1.807) is 0 Å². The number of piperazine rings is 1. The van der Waals surface area contributed by atoms with Gasteiger partial charge in [0.1, 0.15) is 0 Å². The first-order valence-corrected chi connectivity index (χ1v) is 9.78. The van der Waals surface area contributed by atoms with Crippen LogP contribution in [0, 0.1) is 11.3 Å². The fourth-order valence-corrected chi connectivity index (χ4v) is 4.05. The fourth-order valence-electron chi connectivity index (χ4n) is 4.05.